The molecule has 12 nitrogen and oxygen atoms in total. The van der Waals surface area contributed by atoms with Gasteiger partial charge in [-0.25, -0.2) is 0 Å². The van der Waals surface area contributed by atoms with E-state index in [0.717, 1.165) is 6.42 Å². The molecule has 5 atom stereocenters. The van der Waals surface area contributed by atoms with Crippen LogP contribution in [0.4, 0.5) is 21.2 Å². The molecule has 50 heavy (non-hydrogen) atoms. The van der Waals surface area contributed by atoms with Crippen LogP contribution in [0.5, 0.6) is 5.75 Å². The molecule has 2 N–H and O–H groups in total. The molecule has 264 valence electrons. The van der Waals surface area contributed by atoms with Gasteiger partial charge in [-0.3, -0.25) is 24.5 Å². The number of rotatable bonds is 10. The lowest BCUT2D eigenvalue weighted by Crippen LogP contribution is -2.45. The van der Waals surface area contributed by atoms with Crippen LogP contribution < -0.4 is 15.0 Å². The average Bonchev–Trinajstić information content (AvgIpc) is 3.75. The lowest BCUT2D eigenvalue weighted by molar-refractivity contribution is -0.385. The van der Waals surface area contributed by atoms with Crippen molar-refractivity contribution in [1.29, 1.82) is 0 Å². The van der Waals surface area contributed by atoms with E-state index >= 15 is 4.11 Å². The number of anilines is 2. The molecule has 0 aliphatic carbocycles. The number of methoxy groups -OCH3 is 1. The quantitative estimate of drug-likeness (QED) is 0.121. The van der Waals surface area contributed by atoms with Crippen molar-refractivity contribution in [1.82, 2.24) is 4.90 Å². The molecular weight excluding hydrogens is 664 g/mol. The van der Waals surface area contributed by atoms with Crippen molar-refractivity contribution in [3.05, 3.63) is 93.5 Å². The number of aliphatic hydroxyl groups excluding tert-OH is 1. The molecule has 2 saturated heterocycles. The molecule has 6 rings (SSSR count). The minimum atomic E-state index is -3.61. The Morgan fingerprint density at radius 3 is 2.56 bits per heavy atom. The highest BCUT2D eigenvalue weighted by Crippen LogP contribution is 2.60. The molecule has 1 spiro atoms. The van der Waals surface area contributed by atoms with Crippen molar-refractivity contribution in [2.75, 3.05) is 30.5 Å². The maximum Gasteiger partial charge on any atom is 0.269 e. The summed E-state index contributed by atoms with van der Waals surface area (Å²) in [7, 11) is -2.07. The number of aliphatic hydroxyl groups is 1. The molecule has 3 heterocycles. The first-order valence-corrected chi connectivity index (χ1v) is 19.7. The summed E-state index contributed by atoms with van der Waals surface area (Å²) in [6.07, 6.45) is 0.266. The van der Waals surface area contributed by atoms with Crippen molar-refractivity contribution >= 4 is 43.2 Å². The molecular formula is C36H41FN4O8Si. The third-order valence-corrected chi connectivity index (χ3v) is 12.8. The molecule has 3 aliphatic heterocycles. The van der Waals surface area contributed by atoms with Crippen LogP contribution in [0, 0.1) is 16.0 Å². The van der Waals surface area contributed by atoms with Crippen LogP contribution in [-0.2, 0) is 26.5 Å². The minimum absolute atomic E-state index is 0.0321. The predicted molar refractivity (Wildman–Crippen MR) is 186 cm³/mol. The molecule has 14 heteroatoms. The smallest absolute Gasteiger partial charge is 0.269 e. The zero-order valence-corrected chi connectivity index (χ0v) is 29.4. The van der Waals surface area contributed by atoms with E-state index in [1.54, 1.807) is 60.4 Å². The SMILES string of the molecule is COc1ccc(C(=O)Nc2cccc(CN3C(=O)[C@]4(O[C@H](CC(=O)N5CCC[C@H]5CO)[C@@H]([Si](C)(C)F)[C@@H]4C)c4cc([N+](=O)[O-])ccc43)c2)cc1. The third kappa shape index (κ3) is 6.27. The topological polar surface area (TPSA) is 152 Å². The number of ether oxygens (including phenoxy) is 2. The van der Waals surface area contributed by atoms with Gasteiger partial charge in [-0.15, -0.1) is 0 Å². The molecule has 0 unspecified atom stereocenters. The summed E-state index contributed by atoms with van der Waals surface area (Å²) in [5.41, 5.74) is -0.563. The lowest BCUT2D eigenvalue weighted by Gasteiger charge is -2.31. The number of benzene rings is 3. The van der Waals surface area contributed by atoms with Crippen LogP contribution >= 0.6 is 0 Å². The second-order valence-electron chi connectivity index (χ2n) is 13.8. The largest absolute Gasteiger partial charge is 0.497 e. The van der Waals surface area contributed by atoms with Crippen LogP contribution in [0.1, 0.15) is 47.7 Å². The van der Waals surface area contributed by atoms with Gasteiger partial charge in [-0.05, 0) is 74.0 Å². The maximum atomic E-state index is 16.3. The van der Waals surface area contributed by atoms with Gasteiger partial charge >= 0.3 is 0 Å². The Bertz CT molecular complexity index is 1820. The highest BCUT2D eigenvalue weighted by atomic mass is 28.4. The number of carbonyl (C=O) groups is 3. The highest BCUT2D eigenvalue weighted by molar-refractivity contribution is 6.72. The first kappa shape index (κ1) is 35.2. The summed E-state index contributed by atoms with van der Waals surface area (Å²) < 4.78 is 28.1. The number of non-ortho nitro benzene ring substituents is 1. The highest BCUT2D eigenvalue weighted by Gasteiger charge is 2.67. The summed E-state index contributed by atoms with van der Waals surface area (Å²) in [5.74, 6) is -1.26. The zero-order chi connectivity index (χ0) is 36.0. The number of hydrogen-bond donors (Lipinski definition) is 2. The summed E-state index contributed by atoms with van der Waals surface area (Å²) in [6.45, 7) is 5.11. The molecule has 3 aliphatic rings. The molecule has 0 bridgehead atoms. The van der Waals surface area contributed by atoms with Crippen molar-refractivity contribution in [2.45, 2.75) is 69.1 Å². The lowest BCUT2D eigenvalue weighted by atomic mass is 9.82. The van der Waals surface area contributed by atoms with Crippen molar-refractivity contribution in [3.63, 3.8) is 0 Å². The van der Waals surface area contributed by atoms with Gasteiger partial charge in [0.2, 0.25) is 14.3 Å². The van der Waals surface area contributed by atoms with Crippen molar-refractivity contribution < 1.29 is 38.0 Å². The van der Waals surface area contributed by atoms with Crippen molar-refractivity contribution in [3.8, 4) is 5.75 Å². The first-order valence-electron chi connectivity index (χ1n) is 16.7. The molecule has 3 amide bonds. The number of amides is 3. The Morgan fingerprint density at radius 1 is 1.16 bits per heavy atom. The van der Waals surface area contributed by atoms with E-state index in [4.69, 9.17) is 9.47 Å². The van der Waals surface area contributed by atoms with E-state index in [1.165, 1.54) is 43.3 Å². The van der Waals surface area contributed by atoms with Crippen LogP contribution in [0.15, 0.2) is 66.7 Å². The number of hydrogen-bond acceptors (Lipinski definition) is 8. The van der Waals surface area contributed by atoms with Gasteiger partial charge in [0.05, 0.1) is 49.4 Å². The number of nitro groups is 1. The van der Waals surface area contributed by atoms with E-state index < -0.39 is 42.4 Å². The Kier molecular flexibility index (Phi) is 9.55. The molecule has 0 radical (unpaired) electrons. The van der Waals surface area contributed by atoms with Gasteiger partial charge in [0, 0.05) is 47.0 Å². The second kappa shape index (κ2) is 13.6. The van der Waals surface area contributed by atoms with Crippen LogP contribution in [0.3, 0.4) is 0 Å². The van der Waals surface area contributed by atoms with E-state index in [2.05, 4.69) is 5.32 Å². The first-order chi connectivity index (χ1) is 23.8. The normalized spacial score (nSPS) is 24.5. The van der Waals surface area contributed by atoms with E-state index in [0.29, 0.717) is 41.2 Å². The third-order valence-electron chi connectivity index (χ3n) is 10.3. The number of nitrogens with one attached hydrogen (secondary N) is 1. The van der Waals surface area contributed by atoms with Gasteiger partial charge in [0.25, 0.3) is 17.5 Å². The van der Waals surface area contributed by atoms with Crippen molar-refractivity contribution in [2.24, 2.45) is 5.92 Å². The Hall–Kier alpha value is -4.66. The predicted octanol–water partition coefficient (Wildman–Crippen LogP) is 5.55. The molecule has 0 aromatic heterocycles. The van der Waals surface area contributed by atoms with Crippen LogP contribution in [0.25, 0.3) is 0 Å². The number of carbonyl (C=O) groups excluding carboxylic acids is 3. The number of nitro benzene ring substituents is 1. The number of likely N-dealkylation sites (tertiary alicyclic amines) is 1. The maximum absolute atomic E-state index is 16.3. The van der Waals surface area contributed by atoms with Gasteiger partial charge in [-0.1, -0.05) is 19.1 Å². The summed E-state index contributed by atoms with van der Waals surface area (Å²) in [5, 5.41) is 24.6. The van der Waals surface area contributed by atoms with Crippen LogP contribution in [0.2, 0.25) is 18.6 Å². The van der Waals surface area contributed by atoms with Crippen LogP contribution in [-0.4, -0.2) is 73.5 Å². The Morgan fingerprint density at radius 2 is 1.90 bits per heavy atom. The summed E-state index contributed by atoms with van der Waals surface area (Å²) in [4.78, 5) is 55.8. The fourth-order valence-electron chi connectivity index (χ4n) is 8.02. The number of fused-ring (bicyclic) bond motifs is 2. The number of halogens is 1. The van der Waals surface area contributed by atoms with E-state index in [1.807, 2.05) is 0 Å². The second-order valence-corrected chi connectivity index (χ2v) is 17.6. The van der Waals surface area contributed by atoms with Gasteiger partial charge in [0.1, 0.15) is 5.75 Å². The average molecular weight is 705 g/mol. The Labute approximate surface area is 290 Å². The molecule has 3 aromatic carbocycles. The van der Waals surface area contributed by atoms with Gasteiger partial charge in [-0.2, -0.15) is 0 Å². The van der Waals surface area contributed by atoms with Gasteiger partial charge in [0.15, 0.2) is 5.60 Å². The summed E-state index contributed by atoms with van der Waals surface area (Å²) in [6, 6.07) is 17.5. The van der Waals surface area contributed by atoms with E-state index in [9.17, 15) is 29.6 Å². The zero-order valence-electron chi connectivity index (χ0n) is 28.4. The van der Waals surface area contributed by atoms with E-state index in [-0.39, 0.29) is 48.7 Å². The molecule has 3 aromatic rings. The summed E-state index contributed by atoms with van der Waals surface area (Å²) >= 11 is 0. The Balaban J connectivity index is 1.33. The van der Waals surface area contributed by atoms with Gasteiger partial charge < -0.3 is 33.8 Å². The number of nitrogens with zero attached hydrogens (tertiary/aromatic N) is 3. The monoisotopic (exact) mass is 704 g/mol. The standard InChI is InChI=1S/C36H41FN4O8Si/c1-22-33(50(3,4)37)31(19-32(43)39-16-6-9-27(39)21-42)49-36(22)29-18-26(41(46)47)12-15-30(29)40(35(36)45)20-23-7-5-8-25(17-23)38-34(44)24-10-13-28(48-2)14-11-24/h5,7-8,10-15,17-18,22,27,31,33,42H,6,9,16,19-21H2,1-4H3,(H,38,44)/t22-,27-,31+,33-,36+/m0/s1. The fraction of sp³-hybridized carbons (Fsp3) is 0.417. The fourth-order valence-corrected chi connectivity index (χ4v) is 10.5. The molecule has 2 fully saturated rings. The molecule has 0 saturated carbocycles. The minimum Gasteiger partial charge on any atom is -0.497 e.